The van der Waals surface area contributed by atoms with Crippen LogP contribution < -0.4 is 37.6 Å². The molecule has 0 aliphatic rings. The van der Waals surface area contributed by atoms with Crippen LogP contribution in [0.3, 0.4) is 0 Å². The smallest absolute Gasteiger partial charge is 0.407 e. The van der Waals surface area contributed by atoms with E-state index >= 15 is 0 Å². The molecule has 0 saturated heterocycles. The average Bonchev–Trinajstić information content (AvgIpc) is 2.90. The van der Waals surface area contributed by atoms with Gasteiger partial charge >= 0.3 is 24.4 Å². The van der Waals surface area contributed by atoms with E-state index in [1.165, 1.54) is 0 Å². The van der Waals surface area contributed by atoms with E-state index in [1.54, 1.807) is 62.3 Å². The van der Waals surface area contributed by atoms with Crippen LogP contribution in [0.25, 0.3) is 0 Å². The Balaban J connectivity index is 5.12. The number of alkyl carbamates (subject to hydrolysis) is 3. The Morgan fingerprint density at radius 3 is 1.37 bits per heavy atom. The fourth-order valence-corrected chi connectivity index (χ4v) is 4.13. The molecule has 0 aliphatic carbocycles. The van der Waals surface area contributed by atoms with Crippen LogP contribution in [0.5, 0.6) is 0 Å². The summed E-state index contributed by atoms with van der Waals surface area (Å²) in [6, 6.07) is -2.21. The van der Waals surface area contributed by atoms with Gasteiger partial charge in [-0.3, -0.25) is 9.59 Å². The van der Waals surface area contributed by atoms with Gasteiger partial charge < -0.3 is 57.0 Å². The van der Waals surface area contributed by atoms with E-state index in [-0.39, 0.29) is 39.0 Å². The van der Waals surface area contributed by atoms with E-state index in [0.29, 0.717) is 32.1 Å². The van der Waals surface area contributed by atoms with Crippen molar-refractivity contribution in [1.29, 1.82) is 0 Å². The minimum Gasteiger partial charge on any atom is -0.465 e. The number of ether oxygens (including phenoxy) is 3. The third kappa shape index (κ3) is 27.6. The first-order valence-corrected chi connectivity index (χ1v) is 16.7. The summed E-state index contributed by atoms with van der Waals surface area (Å²) < 4.78 is 15.6. The first-order valence-electron chi connectivity index (χ1n) is 16.7. The Labute approximate surface area is 290 Å². The summed E-state index contributed by atoms with van der Waals surface area (Å²) in [6.45, 7) is 16.4. The summed E-state index contributed by atoms with van der Waals surface area (Å²) in [7, 11) is 0. The van der Waals surface area contributed by atoms with Crippen molar-refractivity contribution in [1.82, 2.24) is 31.9 Å². The monoisotopic (exact) mass is 703 g/mol. The van der Waals surface area contributed by atoms with E-state index in [2.05, 4.69) is 31.9 Å². The normalized spacial score (nSPS) is 13.5. The van der Waals surface area contributed by atoms with Crippen LogP contribution in [0.4, 0.5) is 19.2 Å². The average molecular weight is 704 g/mol. The lowest BCUT2D eigenvalue weighted by Crippen LogP contribution is -2.48. The third-order valence-electron chi connectivity index (χ3n) is 6.14. The number of carboxylic acid groups (broad SMARTS) is 1. The highest BCUT2D eigenvalue weighted by Gasteiger charge is 2.23. The largest absolute Gasteiger partial charge is 0.465 e. The lowest BCUT2D eigenvalue weighted by atomic mass is 10.0. The van der Waals surface area contributed by atoms with Gasteiger partial charge in [0, 0.05) is 44.7 Å². The predicted molar refractivity (Wildman–Crippen MR) is 183 cm³/mol. The van der Waals surface area contributed by atoms with Crippen molar-refractivity contribution in [3.05, 3.63) is 0 Å². The fourth-order valence-electron chi connectivity index (χ4n) is 4.13. The Morgan fingerprint density at radius 2 is 0.980 bits per heavy atom. The van der Waals surface area contributed by atoms with Crippen molar-refractivity contribution < 1.29 is 48.1 Å². The van der Waals surface area contributed by atoms with Gasteiger partial charge in [0.1, 0.15) is 16.8 Å². The lowest BCUT2D eigenvalue weighted by Gasteiger charge is -2.23. The highest BCUT2D eigenvalue weighted by molar-refractivity contribution is 5.83. The number of amides is 6. The molecule has 3 atom stereocenters. The molecule has 0 spiro atoms. The first-order chi connectivity index (χ1) is 22.5. The number of carbonyl (C=O) groups excluding carboxylic acids is 5. The molecule has 6 amide bonds. The molecule has 0 fully saturated rings. The van der Waals surface area contributed by atoms with Gasteiger partial charge in [-0.05, 0) is 101 Å². The van der Waals surface area contributed by atoms with Crippen molar-refractivity contribution in [3.8, 4) is 0 Å². The van der Waals surface area contributed by atoms with E-state index in [9.17, 15) is 33.9 Å². The molecule has 0 unspecified atom stereocenters. The molecule has 0 aliphatic heterocycles. The van der Waals surface area contributed by atoms with Gasteiger partial charge in [0.05, 0.1) is 6.04 Å². The second-order valence-electron chi connectivity index (χ2n) is 14.7. The van der Waals surface area contributed by atoms with Crippen LogP contribution in [0.2, 0.25) is 0 Å². The van der Waals surface area contributed by atoms with Gasteiger partial charge in [-0.2, -0.15) is 0 Å². The molecule has 284 valence electrons. The molecule has 0 aromatic heterocycles. The van der Waals surface area contributed by atoms with Gasteiger partial charge in [0.25, 0.3) is 0 Å². The summed E-state index contributed by atoms with van der Waals surface area (Å²) >= 11 is 0. The Bertz CT molecular complexity index is 1070. The molecule has 0 heterocycles. The molecule has 0 rings (SSSR count). The maximum Gasteiger partial charge on any atom is 0.407 e. The molecular weight excluding hydrogens is 642 g/mol. The van der Waals surface area contributed by atoms with E-state index in [4.69, 9.17) is 19.9 Å². The number of nitrogens with two attached hydrogens (primary N) is 1. The summed E-state index contributed by atoms with van der Waals surface area (Å²) in [6.07, 6.45) is -1.05. The Hall–Kier alpha value is -4.02. The molecule has 49 heavy (non-hydrogen) atoms. The van der Waals surface area contributed by atoms with Crippen LogP contribution in [0.15, 0.2) is 0 Å². The van der Waals surface area contributed by atoms with E-state index in [1.807, 2.05) is 0 Å². The zero-order chi connectivity index (χ0) is 37.8. The van der Waals surface area contributed by atoms with Crippen molar-refractivity contribution >= 4 is 36.2 Å². The number of hydrogen-bond acceptors (Lipinski definition) is 10. The zero-order valence-electron chi connectivity index (χ0n) is 30.7. The van der Waals surface area contributed by atoms with Crippen LogP contribution in [0, 0.1) is 0 Å². The van der Waals surface area contributed by atoms with Gasteiger partial charge in [-0.25, -0.2) is 19.2 Å². The number of carbonyl (C=O) groups is 6. The maximum absolute atomic E-state index is 12.9. The minimum absolute atomic E-state index is 0.0252. The summed E-state index contributed by atoms with van der Waals surface area (Å²) in [5, 5.41) is 25.0. The Morgan fingerprint density at radius 1 is 0.592 bits per heavy atom. The molecule has 17 heteroatoms. The number of rotatable bonds is 19. The summed E-state index contributed by atoms with van der Waals surface area (Å²) in [5.41, 5.74) is 4.13. The molecule has 17 nitrogen and oxygen atoms in total. The van der Waals surface area contributed by atoms with Crippen LogP contribution in [0.1, 0.15) is 107 Å². The molecule has 0 bridgehead atoms. The fraction of sp³-hybridized carbons (Fsp3) is 0.812. The lowest BCUT2D eigenvalue weighted by molar-refractivity contribution is -0.124. The first kappa shape index (κ1) is 45.0. The highest BCUT2D eigenvalue weighted by Crippen LogP contribution is 2.09. The summed E-state index contributed by atoms with van der Waals surface area (Å²) in [5.74, 6) is -0.928. The summed E-state index contributed by atoms with van der Waals surface area (Å²) in [4.78, 5) is 72.9. The molecule has 0 aromatic carbocycles. The molecule has 0 radical (unpaired) electrons. The van der Waals surface area contributed by atoms with Gasteiger partial charge in [-0.1, -0.05) is 0 Å². The Kier molecular flexibility index (Phi) is 20.1. The van der Waals surface area contributed by atoms with Crippen molar-refractivity contribution in [2.24, 2.45) is 5.73 Å². The van der Waals surface area contributed by atoms with E-state index in [0.717, 1.165) is 0 Å². The van der Waals surface area contributed by atoms with Crippen LogP contribution in [-0.2, 0) is 23.8 Å². The third-order valence-corrected chi connectivity index (χ3v) is 6.14. The molecule has 0 saturated carbocycles. The van der Waals surface area contributed by atoms with Gasteiger partial charge in [0.15, 0.2) is 0 Å². The van der Waals surface area contributed by atoms with Gasteiger partial charge in [-0.15, -0.1) is 0 Å². The molecule has 9 N–H and O–H groups in total. The van der Waals surface area contributed by atoms with E-state index < -0.39 is 71.1 Å². The zero-order valence-corrected chi connectivity index (χ0v) is 30.7. The van der Waals surface area contributed by atoms with Gasteiger partial charge in [0.2, 0.25) is 11.8 Å². The second kappa shape index (κ2) is 21.8. The SMILES string of the molecule is CC(C)(C)OC(=O)NCCC[C@@H](CNC(=O)C[C@H](CCCNC(=O)OC(C)(C)C)NC(=O)[C@@H](N)CCCNC(=O)OC(C)(C)C)NC(=O)O. The molecule has 0 aromatic rings. The second-order valence-corrected chi connectivity index (χ2v) is 14.7. The van der Waals surface area contributed by atoms with Crippen LogP contribution in [-0.4, -0.2) is 102 Å². The van der Waals surface area contributed by atoms with Crippen molar-refractivity contribution in [3.63, 3.8) is 0 Å². The topological polar surface area (TPSA) is 249 Å². The quantitative estimate of drug-likeness (QED) is 0.0718. The van der Waals surface area contributed by atoms with Crippen molar-refractivity contribution in [2.45, 2.75) is 142 Å². The maximum atomic E-state index is 12.9. The molecular formula is C32H61N7O10. The minimum atomic E-state index is -1.27. The number of hydrogen-bond donors (Lipinski definition) is 8. The number of nitrogens with one attached hydrogen (secondary N) is 6. The van der Waals surface area contributed by atoms with Crippen molar-refractivity contribution in [2.75, 3.05) is 26.2 Å². The highest BCUT2D eigenvalue weighted by atomic mass is 16.6. The standard InChI is InChI=1S/C32H61N7O10/c1-30(2,3)47-27(44)34-16-10-13-21(38-25(41)23(33)15-12-18-36-29(46)49-32(7,8)9)19-24(40)37-20-22(39-26(42)43)14-11-17-35-28(45)48-31(4,5)6/h21-23,39H,10-20,33H2,1-9H3,(H,34,44)(H,35,45)(H,36,46)(H,37,40)(H,38,41)(H,42,43)/t21-,22-,23-/m0/s1. The predicted octanol–water partition coefficient (Wildman–Crippen LogP) is 2.86. The van der Waals surface area contributed by atoms with Crippen LogP contribution >= 0.6 is 0 Å².